The van der Waals surface area contributed by atoms with E-state index in [1.165, 1.54) is 12.0 Å². The average Bonchev–Trinajstić information content (AvgIpc) is 3.02. The molecule has 3 rings (SSSR count). The zero-order valence-electron chi connectivity index (χ0n) is 18.7. The summed E-state index contributed by atoms with van der Waals surface area (Å²) in [6.07, 6.45) is 5.52. The van der Waals surface area contributed by atoms with Crippen LogP contribution in [0.3, 0.4) is 0 Å². The van der Waals surface area contributed by atoms with Gasteiger partial charge in [-0.25, -0.2) is 8.78 Å². The summed E-state index contributed by atoms with van der Waals surface area (Å²) in [5.41, 5.74) is -2.33. The van der Waals surface area contributed by atoms with Crippen molar-refractivity contribution in [2.75, 3.05) is 53.0 Å². The smallest absolute Gasteiger partial charge is 0.248 e. The highest BCUT2D eigenvalue weighted by atomic mass is 19.1. The molecule has 2 aliphatic rings. The van der Waals surface area contributed by atoms with Crippen LogP contribution in [0.25, 0.3) is 0 Å². The van der Waals surface area contributed by atoms with E-state index < -0.39 is 22.8 Å². The van der Waals surface area contributed by atoms with Crippen molar-refractivity contribution in [2.45, 2.75) is 49.7 Å². The van der Waals surface area contributed by atoms with Gasteiger partial charge in [-0.15, -0.1) is 0 Å². The Labute approximate surface area is 187 Å². The van der Waals surface area contributed by atoms with E-state index in [9.17, 15) is 23.8 Å². The molecule has 7 nitrogen and oxygen atoms in total. The molecule has 1 aliphatic heterocycles. The van der Waals surface area contributed by atoms with Gasteiger partial charge in [-0.2, -0.15) is 0 Å². The Morgan fingerprint density at radius 3 is 2.28 bits per heavy atom. The number of rotatable bonds is 7. The Hall–Kier alpha value is -1.81. The van der Waals surface area contributed by atoms with Crippen molar-refractivity contribution in [1.29, 1.82) is 0 Å². The van der Waals surface area contributed by atoms with Crippen LogP contribution in [-0.2, 0) is 9.53 Å². The number of hydrogen-bond donors (Lipinski definition) is 2. The largest absolute Gasteiger partial charge is 0.490 e. The molecule has 0 spiro atoms. The molecule has 180 valence electrons. The summed E-state index contributed by atoms with van der Waals surface area (Å²) in [5, 5.41) is 22.6. The number of amides is 1. The van der Waals surface area contributed by atoms with Gasteiger partial charge in [0.2, 0.25) is 5.91 Å². The van der Waals surface area contributed by atoms with Crippen LogP contribution in [0.5, 0.6) is 5.75 Å². The molecule has 32 heavy (non-hydrogen) atoms. The minimum absolute atomic E-state index is 0.0120. The second-order valence-corrected chi connectivity index (χ2v) is 9.22. The predicted molar refractivity (Wildman–Crippen MR) is 114 cm³/mol. The summed E-state index contributed by atoms with van der Waals surface area (Å²) in [6.45, 7) is 1.00. The fraction of sp³-hybridized carbons (Fsp3) is 0.696. The van der Waals surface area contributed by atoms with E-state index in [-0.39, 0.29) is 38.0 Å². The predicted octanol–water partition coefficient (Wildman–Crippen LogP) is 1.95. The fourth-order valence-corrected chi connectivity index (χ4v) is 4.69. The van der Waals surface area contributed by atoms with Crippen LogP contribution < -0.4 is 4.74 Å². The Kier molecular flexibility index (Phi) is 8.43. The minimum Gasteiger partial charge on any atom is -0.490 e. The number of halogens is 2. The molecule has 0 aromatic heterocycles. The van der Waals surface area contributed by atoms with Crippen LogP contribution in [0.1, 0.15) is 38.5 Å². The lowest BCUT2D eigenvalue weighted by Gasteiger charge is -2.36. The fourth-order valence-electron chi connectivity index (χ4n) is 4.69. The van der Waals surface area contributed by atoms with Crippen LogP contribution in [0, 0.1) is 11.6 Å². The lowest BCUT2D eigenvalue weighted by atomic mass is 9.93. The van der Waals surface area contributed by atoms with E-state index in [0.29, 0.717) is 32.5 Å². The number of ether oxygens (including phenoxy) is 2. The van der Waals surface area contributed by atoms with Gasteiger partial charge in [-0.1, -0.05) is 25.7 Å². The maximum Gasteiger partial charge on any atom is 0.248 e. The third kappa shape index (κ3) is 7.10. The lowest BCUT2D eigenvalue weighted by molar-refractivity contribution is -0.138. The third-order valence-corrected chi connectivity index (χ3v) is 6.21. The topological polar surface area (TPSA) is 82.5 Å². The van der Waals surface area contributed by atoms with Crippen LogP contribution in [0.15, 0.2) is 18.2 Å². The quantitative estimate of drug-likeness (QED) is 0.611. The normalized spacial score (nSPS) is 24.6. The van der Waals surface area contributed by atoms with Gasteiger partial charge < -0.3 is 24.6 Å². The Morgan fingerprint density at radius 2 is 1.66 bits per heavy atom. The molecule has 9 heteroatoms. The number of carbonyl (C=O) groups is 1. The van der Waals surface area contributed by atoms with Crippen LogP contribution in [-0.4, -0.2) is 90.2 Å². The highest BCUT2D eigenvalue weighted by Gasteiger charge is 2.40. The number of β-amino-alcohol motifs (C(OH)–C–C–N with tert-alkyl or cyclic N) is 2. The Balaban J connectivity index is 1.75. The molecule has 0 radical (unpaired) electrons. The zero-order valence-corrected chi connectivity index (χ0v) is 18.7. The standard InChI is InChI=1S/C23H34F2N2O5/c1-31-13-21(28)27-9-8-26(14-22(29)6-4-2-3-5-7-22)15-23(30,16-27)17-32-20-11-18(24)10-19(25)12-20/h10-12,29-30H,2-9,13-17H2,1H3. The first-order valence-corrected chi connectivity index (χ1v) is 11.2. The third-order valence-electron chi connectivity index (χ3n) is 6.21. The molecule has 1 unspecified atom stereocenters. The van der Waals surface area contributed by atoms with Gasteiger partial charge in [0.1, 0.15) is 36.2 Å². The maximum atomic E-state index is 13.5. The number of carbonyl (C=O) groups excluding carboxylic acids is 1. The van der Waals surface area contributed by atoms with Crippen molar-refractivity contribution in [3.8, 4) is 5.75 Å². The summed E-state index contributed by atoms with van der Waals surface area (Å²) in [7, 11) is 1.43. The van der Waals surface area contributed by atoms with Crippen molar-refractivity contribution >= 4 is 5.91 Å². The molecular formula is C23H34F2N2O5. The van der Waals surface area contributed by atoms with Gasteiger partial charge in [0.05, 0.1) is 12.1 Å². The molecule has 1 heterocycles. The van der Waals surface area contributed by atoms with Gasteiger partial charge >= 0.3 is 0 Å². The monoisotopic (exact) mass is 456 g/mol. The number of methoxy groups -OCH3 is 1. The summed E-state index contributed by atoms with van der Waals surface area (Å²) < 4.78 is 37.5. The molecule has 2 fully saturated rings. The second kappa shape index (κ2) is 10.9. The first-order chi connectivity index (χ1) is 15.2. The molecule has 1 aromatic carbocycles. The number of nitrogens with zero attached hydrogens (tertiary/aromatic N) is 2. The first-order valence-electron chi connectivity index (χ1n) is 11.2. The van der Waals surface area contributed by atoms with E-state index in [1.807, 2.05) is 4.90 Å². The van der Waals surface area contributed by atoms with Gasteiger partial charge in [-0.3, -0.25) is 9.69 Å². The highest BCUT2D eigenvalue weighted by molar-refractivity contribution is 5.77. The van der Waals surface area contributed by atoms with Gasteiger partial charge in [0, 0.05) is 51.5 Å². The summed E-state index contributed by atoms with van der Waals surface area (Å²) >= 11 is 0. The Morgan fingerprint density at radius 1 is 1.00 bits per heavy atom. The van der Waals surface area contributed by atoms with E-state index in [4.69, 9.17) is 9.47 Å². The molecule has 0 bridgehead atoms. The van der Waals surface area contributed by atoms with Crippen molar-refractivity contribution in [1.82, 2.24) is 9.80 Å². The van der Waals surface area contributed by atoms with E-state index >= 15 is 0 Å². The average molecular weight is 457 g/mol. The summed E-state index contributed by atoms with van der Waals surface area (Å²) in [5.74, 6) is -1.86. The number of hydrogen-bond acceptors (Lipinski definition) is 6. The number of benzene rings is 1. The van der Waals surface area contributed by atoms with Crippen LogP contribution in [0.2, 0.25) is 0 Å². The highest BCUT2D eigenvalue weighted by Crippen LogP contribution is 2.29. The van der Waals surface area contributed by atoms with E-state index in [2.05, 4.69) is 0 Å². The molecule has 1 saturated carbocycles. The van der Waals surface area contributed by atoms with Gasteiger partial charge in [0.15, 0.2) is 0 Å². The molecule has 2 N–H and O–H groups in total. The second-order valence-electron chi connectivity index (χ2n) is 9.22. The SMILES string of the molecule is COCC(=O)N1CCN(CC2(O)CCCCCC2)CC(O)(COc2cc(F)cc(F)c2)C1. The molecule has 1 amide bonds. The van der Waals surface area contributed by atoms with Crippen LogP contribution >= 0.6 is 0 Å². The maximum absolute atomic E-state index is 13.5. The summed E-state index contributed by atoms with van der Waals surface area (Å²) in [6, 6.07) is 2.83. The molecule has 1 saturated heterocycles. The lowest BCUT2D eigenvalue weighted by Crippen LogP contribution is -2.54. The first kappa shape index (κ1) is 24.8. The summed E-state index contributed by atoms with van der Waals surface area (Å²) in [4.78, 5) is 16.0. The Bertz CT molecular complexity index is 753. The van der Waals surface area contributed by atoms with Crippen molar-refractivity contribution in [3.05, 3.63) is 29.8 Å². The van der Waals surface area contributed by atoms with E-state index in [1.54, 1.807) is 0 Å². The molecule has 1 atom stereocenters. The molecule has 1 aliphatic carbocycles. The van der Waals surface area contributed by atoms with Crippen molar-refractivity contribution in [2.24, 2.45) is 0 Å². The number of aliphatic hydroxyl groups is 2. The van der Waals surface area contributed by atoms with Gasteiger partial charge in [0.25, 0.3) is 0 Å². The minimum atomic E-state index is -1.50. The van der Waals surface area contributed by atoms with Crippen molar-refractivity contribution < 1.29 is 33.3 Å². The zero-order chi connectivity index (χ0) is 23.2. The van der Waals surface area contributed by atoms with Crippen molar-refractivity contribution in [3.63, 3.8) is 0 Å². The molecule has 1 aromatic rings. The van der Waals surface area contributed by atoms with Gasteiger partial charge in [-0.05, 0) is 12.8 Å². The molecular weight excluding hydrogens is 422 g/mol. The van der Waals surface area contributed by atoms with Crippen LogP contribution in [0.4, 0.5) is 8.78 Å². The van der Waals surface area contributed by atoms with E-state index in [0.717, 1.165) is 43.9 Å².